The number of aliphatic hydroxyl groups excluding tert-OH is 2. The lowest BCUT2D eigenvalue weighted by Gasteiger charge is -2.26. The molecule has 0 unspecified atom stereocenters. The Balaban J connectivity index is 0.000000200. The number of piperidine rings is 1. The first kappa shape index (κ1) is 46.3. The molecule has 6 heterocycles. The number of carbonyl (C=O) groups excluding carboxylic acids is 1. The number of anilines is 6. The van der Waals surface area contributed by atoms with Crippen LogP contribution in [0.15, 0.2) is 52.4 Å². The lowest BCUT2D eigenvalue weighted by Crippen LogP contribution is -2.41. The molecule has 0 spiro atoms. The third kappa shape index (κ3) is 12.6. The molecule has 1 aromatic carbocycles. The smallest absolute Gasteiger partial charge is 0.354 e. The molecule has 336 valence electrons. The maximum Gasteiger partial charge on any atom is 0.354 e. The molecule has 4 aromatic heterocycles. The summed E-state index contributed by atoms with van der Waals surface area (Å²) in [7, 11) is 0. The Labute approximate surface area is 355 Å². The van der Waals surface area contributed by atoms with Gasteiger partial charge in [-0.3, -0.25) is 19.0 Å². The van der Waals surface area contributed by atoms with E-state index >= 15 is 0 Å². The topological polar surface area (TPSA) is 432 Å². The molecule has 0 radical (unpaired) electrons. The first-order valence-electron chi connectivity index (χ1n) is 19.2. The molecule has 7 rings (SSSR count). The normalized spacial score (nSPS) is 17.4. The summed E-state index contributed by atoms with van der Waals surface area (Å²) in [5.41, 5.74) is 22.1. The second kappa shape index (κ2) is 21.1. The molecule has 5 aromatic rings. The maximum atomic E-state index is 12.3. The molecule has 15 N–H and O–H groups in total. The Morgan fingerprint density at radius 3 is 2.33 bits per heavy atom. The van der Waals surface area contributed by atoms with Crippen molar-refractivity contribution in [3.8, 4) is 0 Å². The highest BCUT2D eigenvalue weighted by Crippen LogP contribution is 2.27. The van der Waals surface area contributed by atoms with Gasteiger partial charge in [0, 0.05) is 37.2 Å². The van der Waals surface area contributed by atoms with Crippen molar-refractivity contribution < 1.29 is 44.3 Å². The molecule has 0 saturated carbocycles. The van der Waals surface area contributed by atoms with Crippen LogP contribution in [0.5, 0.6) is 0 Å². The Hall–Kier alpha value is -7.78. The lowest BCUT2D eigenvalue weighted by molar-refractivity contribution is -0.576. The number of hydrogen-bond acceptors (Lipinski definition) is 21. The summed E-state index contributed by atoms with van der Waals surface area (Å²) in [5.74, 6) is -2.55. The number of hydrogen-bond donors (Lipinski definition) is 11. The van der Waals surface area contributed by atoms with Crippen molar-refractivity contribution in [1.82, 2.24) is 44.8 Å². The molecular formula is C36H46N16O11. The van der Waals surface area contributed by atoms with E-state index in [1.165, 1.54) is 31.1 Å². The largest absolute Gasteiger partial charge is 0.754 e. The second-order valence-corrected chi connectivity index (χ2v) is 14.0. The van der Waals surface area contributed by atoms with Gasteiger partial charge in [0.15, 0.2) is 22.8 Å². The number of nitrogens with one attached hydrogen (secondary N) is 3. The number of benzene rings is 1. The van der Waals surface area contributed by atoms with Crippen LogP contribution < -0.4 is 54.4 Å². The van der Waals surface area contributed by atoms with Gasteiger partial charge in [0.2, 0.25) is 11.9 Å². The van der Waals surface area contributed by atoms with Crippen molar-refractivity contribution in [2.45, 2.75) is 69.5 Å². The van der Waals surface area contributed by atoms with Gasteiger partial charge in [-0.15, -0.1) is 0 Å². The van der Waals surface area contributed by atoms with Gasteiger partial charge in [-0.2, -0.15) is 9.97 Å². The zero-order chi connectivity index (χ0) is 45.8. The van der Waals surface area contributed by atoms with E-state index in [0.717, 1.165) is 30.5 Å². The van der Waals surface area contributed by atoms with Crippen molar-refractivity contribution in [1.29, 1.82) is 0 Å². The summed E-state index contributed by atoms with van der Waals surface area (Å²) < 4.78 is 6.84. The molecule has 63 heavy (non-hydrogen) atoms. The summed E-state index contributed by atoms with van der Waals surface area (Å²) in [5, 5.41) is 52.8. The number of carbonyl (C=O) groups is 3. The van der Waals surface area contributed by atoms with Gasteiger partial charge in [0.1, 0.15) is 24.7 Å². The van der Waals surface area contributed by atoms with E-state index in [0.29, 0.717) is 21.9 Å². The molecule has 4 atom stereocenters. The predicted octanol–water partition coefficient (Wildman–Crippen LogP) is -2.31. The van der Waals surface area contributed by atoms with Crippen LogP contribution >= 0.6 is 0 Å². The summed E-state index contributed by atoms with van der Waals surface area (Å²) in [6.45, 7) is 1.83. The van der Waals surface area contributed by atoms with Crippen molar-refractivity contribution in [2.24, 2.45) is 0 Å². The number of amides is 1. The van der Waals surface area contributed by atoms with Crippen molar-refractivity contribution in [2.75, 3.05) is 52.8 Å². The van der Waals surface area contributed by atoms with E-state index in [1.807, 2.05) is 0 Å². The number of nitrogen functional groups attached to an aromatic ring is 4. The van der Waals surface area contributed by atoms with Gasteiger partial charge >= 0.3 is 29.1 Å². The first-order chi connectivity index (χ1) is 30.0. The van der Waals surface area contributed by atoms with Crippen LogP contribution in [0.3, 0.4) is 0 Å². The summed E-state index contributed by atoms with van der Waals surface area (Å²) in [6, 6.07) is 6.44. The molecule has 0 bridgehead atoms. The van der Waals surface area contributed by atoms with Gasteiger partial charge in [-0.1, -0.05) is 4.98 Å². The summed E-state index contributed by atoms with van der Waals surface area (Å²) in [6.07, 6.45) is 3.66. The molecule has 27 nitrogen and oxygen atoms in total. The number of aromatic amines is 1. The van der Waals surface area contributed by atoms with Crippen LogP contribution in [0.2, 0.25) is 0 Å². The van der Waals surface area contributed by atoms with Crippen LogP contribution in [0.25, 0.3) is 11.2 Å². The number of aliphatic hydroxyl groups is 2. The zero-order valence-corrected chi connectivity index (χ0v) is 33.4. The molecule has 1 amide bonds. The van der Waals surface area contributed by atoms with Crippen molar-refractivity contribution >= 4 is 64.2 Å². The van der Waals surface area contributed by atoms with Gasteiger partial charge in [-0.25, -0.2) is 29.3 Å². The third-order valence-corrected chi connectivity index (χ3v) is 9.43. The quantitative estimate of drug-likeness (QED) is 0.0463. The molecular weight excluding hydrogens is 832 g/mol. The van der Waals surface area contributed by atoms with Crippen LogP contribution in [-0.4, -0.2) is 116 Å². The Kier molecular flexibility index (Phi) is 15.5. The number of aromatic nitrogens is 9. The van der Waals surface area contributed by atoms with E-state index in [-0.39, 0.29) is 72.8 Å². The van der Waals surface area contributed by atoms with E-state index in [9.17, 15) is 34.3 Å². The molecule has 2 saturated heterocycles. The highest BCUT2D eigenvalue weighted by molar-refractivity contribution is 5.97. The first-order valence-corrected chi connectivity index (χ1v) is 19.2. The SMILES string of the molecule is Nc1cc(N2CCCCC2)nc(N)[n+]1[O-].Nc1nc(=O)c2nc(CNc3ccc(C(=O)N[C@@H](CCC(=O)O)C(=O)O)cc3)cnc2[nH]1.Nc1ncn([C@H]2C[C@H](O)[C@@H](CO)O2)c(=O)n1. The van der Waals surface area contributed by atoms with E-state index in [1.54, 1.807) is 18.2 Å². The van der Waals surface area contributed by atoms with E-state index < -0.39 is 53.6 Å². The lowest BCUT2D eigenvalue weighted by atomic mass is 10.1. The number of rotatable bonds is 12. The van der Waals surface area contributed by atoms with Gasteiger partial charge < -0.3 is 73.8 Å². The third-order valence-electron chi connectivity index (χ3n) is 9.43. The minimum Gasteiger partial charge on any atom is -0.754 e. The molecule has 0 aliphatic carbocycles. The van der Waals surface area contributed by atoms with Gasteiger partial charge in [0.05, 0.1) is 37.2 Å². The van der Waals surface area contributed by atoms with Crippen molar-refractivity contribution in [3.63, 3.8) is 0 Å². The summed E-state index contributed by atoms with van der Waals surface area (Å²) >= 11 is 0. The molecule has 27 heteroatoms. The Morgan fingerprint density at radius 1 is 1.00 bits per heavy atom. The number of ether oxygens (including phenoxy) is 1. The van der Waals surface area contributed by atoms with Crippen LogP contribution in [0, 0.1) is 5.21 Å². The number of nitrogens with two attached hydrogens (primary N) is 4. The fraction of sp³-hybridized carbons (Fsp3) is 0.389. The monoisotopic (exact) mass is 878 g/mol. The molecule has 2 aliphatic heterocycles. The average Bonchev–Trinajstić information content (AvgIpc) is 3.63. The number of nitrogens with zero attached hydrogens (tertiary/aromatic N) is 9. The highest BCUT2D eigenvalue weighted by atomic mass is 16.5. The minimum absolute atomic E-state index is 0.0524. The van der Waals surface area contributed by atoms with Gasteiger partial charge in [0.25, 0.3) is 5.91 Å². The van der Waals surface area contributed by atoms with Crippen molar-refractivity contribution in [3.05, 3.63) is 80.2 Å². The molecule has 2 aliphatic rings. The predicted molar refractivity (Wildman–Crippen MR) is 222 cm³/mol. The number of carboxylic acids is 2. The Bertz CT molecular complexity index is 2490. The maximum absolute atomic E-state index is 12.3. The number of fused-ring (bicyclic) bond motifs is 1. The number of H-pyrrole nitrogens is 1. The minimum atomic E-state index is -1.31. The fourth-order valence-corrected chi connectivity index (χ4v) is 6.17. The standard InChI is InChI=1S/C19H19N7O6.C9H15N5O.C8H12N4O4/c20-19-25-15-14(17(30)26-19)23-11(8-22-15)7-21-10-3-1-9(2-4-10)16(29)24-12(18(31)32)5-6-13(27)28;10-7-6-8(12-9(11)14(7)15)13-4-2-1-3-5-13;9-7-10-3-12(8(15)11-7)6-1-4(14)5(2-13)16-6/h1-4,8,12,21H,5-7H2,(H,24,29)(H,27,28)(H,31,32)(H3,20,22,25,26,30);6H,1-5,10H2,(H2,11,12);3-6,13-14H,1-2H2,(H2,9,11,15)/t12-;;4-,5+,6+/m0.0/s1. The highest BCUT2D eigenvalue weighted by Gasteiger charge is 2.35. The number of carboxylic acid groups (broad SMARTS) is 2. The summed E-state index contributed by atoms with van der Waals surface area (Å²) in [4.78, 5) is 85.2. The van der Waals surface area contributed by atoms with Gasteiger partial charge in [-0.05, 0) is 49.9 Å². The zero-order valence-electron chi connectivity index (χ0n) is 33.4. The van der Waals surface area contributed by atoms with E-state index in [2.05, 4.69) is 50.4 Å². The fourth-order valence-electron chi connectivity index (χ4n) is 6.17. The second-order valence-electron chi connectivity index (χ2n) is 14.0. The van der Waals surface area contributed by atoms with E-state index in [4.69, 9.17) is 43.0 Å². The Morgan fingerprint density at radius 2 is 1.71 bits per heavy atom. The van der Waals surface area contributed by atoms with Crippen LogP contribution in [-0.2, 0) is 20.9 Å². The van der Waals surface area contributed by atoms with Crippen LogP contribution in [0.1, 0.15) is 60.8 Å². The van der Waals surface area contributed by atoms with Crippen LogP contribution in [0.4, 0.5) is 35.2 Å². The number of aliphatic carboxylic acids is 2. The molecule has 2 fully saturated rings. The average molecular weight is 879 g/mol.